The number of rotatable bonds is 6. The van der Waals surface area contributed by atoms with Crippen molar-refractivity contribution < 1.29 is 9.47 Å². The van der Waals surface area contributed by atoms with E-state index in [-0.39, 0.29) is 11.9 Å². The second kappa shape index (κ2) is 6.69. The van der Waals surface area contributed by atoms with Crippen molar-refractivity contribution in [2.45, 2.75) is 56.8 Å². The molecule has 0 bridgehead atoms. The first-order valence-electron chi connectivity index (χ1n) is 7.07. The highest BCUT2D eigenvalue weighted by Gasteiger charge is 2.41. The summed E-state index contributed by atoms with van der Waals surface area (Å²) in [6.07, 6.45) is 8.47. The van der Waals surface area contributed by atoms with E-state index in [1.807, 2.05) is 0 Å². The van der Waals surface area contributed by atoms with Gasteiger partial charge in [0.05, 0.1) is 12.7 Å². The fourth-order valence-corrected chi connectivity index (χ4v) is 2.73. The van der Waals surface area contributed by atoms with Crippen molar-refractivity contribution in [3.8, 4) is 0 Å². The first-order chi connectivity index (χ1) is 8.35. The molecule has 2 fully saturated rings. The van der Waals surface area contributed by atoms with Crippen LogP contribution < -0.4 is 11.1 Å². The number of nitrogens with two attached hydrogens (primary N) is 1. The Morgan fingerprint density at radius 1 is 1.18 bits per heavy atom. The lowest BCUT2D eigenvalue weighted by molar-refractivity contribution is -0.186. The smallest absolute Gasteiger partial charge is 0.168 e. The standard InChI is InChI=1S/C13H26N2O2/c14-8-4-5-9-15-10-12-11-16-13(17-12)6-2-1-3-7-13/h12,15H,1-11,14H2. The maximum absolute atomic E-state index is 6.09. The van der Waals surface area contributed by atoms with E-state index in [1.54, 1.807) is 0 Å². The topological polar surface area (TPSA) is 56.5 Å². The molecule has 1 aliphatic carbocycles. The van der Waals surface area contributed by atoms with Gasteiger partial charge in [-0.1, -0.05) is 6.42 Å². The molecule has 4 nitrogen and oxygen atoms in total. The van der Waals surface area contributed by atoms with Gasteiger partial charge in [-0.2, -0.15) is 0 Å². The van der Waals surface area contributed by atoms with Crippen molar-refractivity contribution in [3.05, 3.63) is 0 Å². The van der Waals surface area contributed by atoms with Crippen molar-refractivity contribution in [2.24, 2.45) is 5.73 Å². The Morgan fingerprint density at radius 2 is 2.00 bits per heavy atom. The Morgan fingerprint density at radius 3 is 2.76 bits per heavy atom. The summed E-state index contributed by atoms with van der Waals surface area (Å²) >= 11 is 0. The molecular weight excluding hydrogens is 216 g/mol. The van der Waals surface area contributed by atoms with Gasteiger partial charge in [0.15, 0.2) is 5.79 Å². The van der Waals surface area contributed by atoms with Crippen LogP contribution in [0.25, 0.3) is 0 Å². The maximum Gasteiger partial charge on any atom is 0.168 e. The van der Waals surface area contributed by atoms with E-state index in [4.69, 9.17) is 15.2 Å². The second-order valence-corrected chi connectivity index (χ2v) is 5.22. The fraction of sp³-hybridized carbons (Fsp3) is 1.00. The van der Waals surface area contributed by atoms with Gasteiger partial charge in [-0.05, 0) is 38.8 Å². The van der Waals surface area contributed by atoms with Crippen LogP contribution in [0, 0.1) is 0 Å². The molecule has 1 saturated heterocycles. The molecule has 1 atom stereocenters. The molecule has 0 aromatic rings. The van der Waals surface area contributed by atoms with Gasteiger partial charge in [0.1, 0.15) is 0 Å². The van der Waals surface area contributed by atoms with Gasteiger partial charge in [-0.3, -0.25) is 0 Å². The average Bonchev–Trinajstić information content (AvgIpc) is 2.73. The first kappa shape index (κ1) is 13.3. The maximum atomic E-state index is 6.09. The van der Waals surface area contributed by atoms with Gasteiger partial charge >= 0.3 is 0 Å². The fourth-order valence-electron chi connectivity index (χ4n) is 2.73. The van der Waals surface area contributed by atoms with E-state index in [0.717, 1.165) is 51.9 Å². The van der Waals surface area contributed by atoms with Crippen LogP contribution in [0.5, 0.6) is 0 Å². The molecule has 3 N–H and O–H groups in total. The van der Waals surface area contributed by atoms with E-state index in [1.165, 1.54) is 19.3 Å². The molecule has 1 saturated carbocycles. The van der Waals surface area contributed by atoms with Crippen LogP contribution in [0.2, 0.25) is 0 Å². The Kier molecular flexibility index (Phi) is 5.22. The van der Waals surface area contributed by atoms with Crippen molar-refractivity contribution >= 4 is 0 Å². The number of hydrogen-bond donors (Lipinski definition) is 2. The normalized spacial score (nSPS) is 27.7. The Labute approximate surface area is 104 Å². The van der Waals surface area contributed by atoms with Gasteiger partial charge in [-0.15, -0.1) is 0 Å². The molecule has 0 aromatic heterocycles. The van der Waals surface area contributed by atoms with Crippen LogP contribution in [0.15, 0.2) is 0 Å². The molecule has 1 unspecified atom stereocenters. The van der Waals surface area contributed by atoms with Gasteiger partial charge in [0, 0.05) is 19.4 Å². The summed E-state index contributed by atoms with van der Waals surface area (Å²) in [7, 11) is 0. The summed E-state index contributed by atoms with van der Waals surface area (Å²) in [6, 6.07) is 0. The zero-order valence-corrected chi connectivity index (χ0v) is 10.7. The number of nitrogens with one attached hydrogen (secondary N) is 1. The molecular formula is C13H26N2O2. The molecule has 0 aromatic carbocycles. The van der Waals surface area contributed by atoms with Crippen molar-refractivity contribution in [1.82, 2.24) is 5.32 Å². The molecule has 0 radical (unpaired) electrons. The lowest BCUT2D eigenvalue weighted by Crippen LogP contribution is -2.35. The summed E-state index contributed by atoms with van der Waals surface area (Å²) in [6.45, 7) is 3.48. The van der Waals surface area contributed by atoms with Crippen molar-refractivity contribution in [1.29, 1.82) is 0 Å². The van der Waals surface area contributed by atoms with Crippen LogP contribution in [-0.2, 0) is 9.47 Å². The van der Waals surface area contributed by atoms with Crippen LogP contribution >= 0.6 is 0 Å². The van der Waals surface area contributed by atoms with E-state index >= 15 is 0 Å². The molecule has 1 heterocycles. The third kappa shape index (κ3) is 3.91. The van der Waals surface area contributed by atoms with Crippen LogP contribution in [0.3, 0.4) is 0 Å². The van der Waals surface area contributed by atoms with Crippen molar-refractivity contribution in [2.75, 3.05) is 26.2 Å². The Balaban J connectivity index is 1.60. The van der Waals surface area contributed by atoms with Crippen LogP contribution in [0.4, 0.5) is 0 Å². The van der Waals surface area contributed by atoms with Crippen LogP contribution in [-0.4, -0.2) is 38.1 Å². The van der Waals surface area contributed by atoms with Gasteiger partial charge in [0.2, 0.25) is 0 Å². The predicted octanol–water partition coefficient (Wildman–Crippen LogP) is 1.39. The number of hydrogen-bond acceptors (Lipinski definition) is 4. The average molecular weight is 242 g/mol. The minimum Gasteiger partial charge on any atom is -0.347 e. The summed E-state index contributed by atoms with van der Waals surface area (Å²) in [5, 5.41) is 3.42. The van der Waals surface area contributed by atoms with Gasteiger partial charge < -0.3 is 20.5 Å². The van der Waals surface area contributed by atoms with E-state index in [9.17, 15) is 0 Å². The highest BCUT2D eigenvalue weighted by atomic mass is 16.7. The SMILES string of the molecule is NCCCCNCC1COC2(CCCCC2)O1. The highest BCUT2D eigenvalue weighted by Crippen LogP contribution is 2.37. The quantitative estimate of drug-likeness (QED) is 0.691. The monoisotopic (exact) mass is 242 g/mol. The molecule has 100 valence electrons. The lowest BCUT2D eigenvalue weighted by atomic mass is 9.94. The van der Waals surface area contributed by atoms with Gasteiger partial charge in [0.25, 0.3) is 0 Å². The molecule has 2 aliphatic rings. The van der Waals surface area contributed by atoms with E-state index in [0.29, 0.717) is 0 Å². The predicted molar refractivity (Wildman–Crippen MR) is 67.8 cm³/mol. The zero-order valence-electron chi connectivity index (χ0n) is 10.7. The third-order valence-electron chi connectivity index (χ3n) is 3.71. The van der Waals surface area contributed by atoms with Gasteiger partial charge in [-0.25, -0.2) is 0 Å². The summed E-state index contributed by atoms with van der Waals surface area (Å²) in [5.41, 5.74) is 5.45. The summed E-state index contributed by atoms with van der Waals surface area (Å²) < 4.78 is 12.0. The molecule has 1 spiro atoms. The highest BCUT2D eigenvalue weighted by molar-refractivity contribution is 4.83. The number of unbranched alkanes of at least 4 members (excludes halogenated alkanes) is 1. The Hall–Kier alpha value is -0.160. The van der Waals surface area contributed by atoms with Crippen molar-refractivity contribution in [3.63, 3.8) is 0 Å². The minimum atomic E-state index is -0.220. The van der Waals surface area contributed by atoms with Crippen LogP contribution in [0.1, 0.15) is 44.9 Å². The second-order valence-electron chi connectivity index (χ2n) is 5.22. The third-order valence-corrected chi connectivity index (χ3v) is 3.71. The molecule has 0 amide bonds. The lowest BCUT2D eigenvalue weighted by Gasteiger charge is -2.31. The largest absolute Gasteiger partial charge is 0.347 e. The summed E-state index contributed by atoms with van der Waals surface area (Å²) in [4.78, 5) is 0. The molecule has 1 aliphatic heterocycles. The number of ether oxygens (including phenoxy) is 2. The van der Waals surface area contributed by atoms with E-state index in [2.05, 4.69) is 5.32 Å². The zero-order chi connectivity index (χ0) is 12.0. The van der Waals surface area contributed by atoms with E-state index < -0.39 is 0 Å². The molecule has 2 rings (SSSR count). The molecule has 17 heavy (non-hydrogen) atoms. The first-order valence-corrected chi connectivity index (χ1v) is 7.07. The minimum absolute atomic E-state index is 0.220. The summed E-state index contributed by atoms with van der Waals surface area (Å²) in [5.74, 6) is -0.220. The Bertz CT molecular complexity index is 217. The molecule has 4 heteroatoms.